The summed E-state index contributed by atoms with van der Waals surface area (Å²) in [6.45, 7) is 13.5. The predicted molar refractivity (Wildman–Crippen MR) is 95.3 cm³/mol. The molecule has 4 nitrogen and oxygen atoms in total. The van der Waals surface area contributed by atoms with Gasteiger partial charge < -0.3 is 4.74 Å². The summed E-state index contributed by atoms with van der Waals surface area (Å²) < 4.78 is 5.30. The summed E-state index contributed by atoms with van der Waals surface area (Å²) in [4.78, 5) is 26.7. The molecule has 1 aliphatic rings. The van der Waals surface area contributed by atoms with Crippen LogP contribution in [-0.4, -0.2) is 35.3 Å². The van der Waals surface area contributed by atoms with Gasteiger partial charge in [0.15, 0.2) is 5.78 Å². The monoisotopic (exact) mass is 331 g/mol. The lowest BCUT2D eigenvalue weighted by molar-refractivity contribution is -0.155. The van der Waals surface area contributed by atoms with Crippen molar-refractivity contribution in [3.8, 4) is 0 Å². The topological polar surface area (TPSA) is 46.6 Å². The van der Waals surface area contributed by atoms with E-state index in [1.807, 2.05) is 27.7 Å². The highest BCUT2D eigenvalue weighted by molar-refractivity contribution is 5.97. The maximum absolute atomic E-state index is 12.4. The molecule has 0 amide bonds. The highest BCUT2D eigenvalue weighted by atomic mass is 16.5. The molecule has 0 bridgehead atoms. The molecule has 0 N–H and O–H groups in total. The Kier molecular flexibility index (Phi) is 5.49. The first kappa shape index (κ1) is 18.7. The number of likely N-dealkylation sites (tertiary alicyclic amines) is 1. The van der Waals surface area contributed by atoms with Crippen LogP contribution < -0.4 is 0 Å². The molecule has 1 aromatic rings. The Bertz CT molecular complexity index is 665. The van der Waals surface area contributed by atoms with E-state index in [0.717, 1.165) is 41.6 Å². The lowest BCUT2D eigenvalue weighted by Gasteiger charge is -2.34. The average molecular weight is 331 g/mol. The van der Waals surface area contributed by atoms with Crippen molar-refractivity contribution in [1.82, 2.24) is 4.90 Å². The van der Waals surface area contributed by atoms with Gasteiger partial charge in [-0.25, -0.2) is 0 Å². The third kappa shape index (κ3) is 3.25. The lowest BCUT2D eigenvalue weighted by atomic mass is 9.90. The molecule has 0 saturated carbocycles. The van der Waals surface area contributed by atoms with Crippen LogP contribution in [0, 0.1) is 20.8 Å². The number of ether oxygens (including phenoxy) is 1. The van der Waals surface area contributed by atoms with Crippen LogP contribution in [0.15, 0.2) is 6.07 Å². The number of hydrogen-bond acceptors (Lipinski definition) is 4. The van der Waals surface area contributed by atoms with Gasteiger partial charge in [0, 0.05) is 12.1 Å². The van der Waals surface area contributed by atoms with Gasteiger partial charge in [-0.05, 0) is 83.2 Å². The van der Waals surface area contributed by atoms with Crippen molar-refractivity contribution >= 4 is 11.8 Å². The minimum Gasteiger partial charge on any atom is -0.465 e. The Morgan fingerprint density at radius 3 is 2.50 bits per heavy atom. The van der Waals surface area contributed by atoms with E-state index >= 15 is 0 Å². The van der Waals surface area contributed by atoms with Gasteiger partial charge >= 0.3 is 5.97 Å². The molecule has 132 valence electrons. The SMILES string of the molecule is CCOC(=O)[C@@]1(C)CCCN1Cc1c(C)cc(C)c(C(C)=O)c1C. The van der Waals surface area contributed by atoms with Crippen molar-refractivity contribution in [2.75, 3.05) is 13.2 Å². The third-order valence-electron chi connectivity index (χ3n) is 5.34. The summed E-state index contributed by atoms with van der Waals surface area (Å²) in [5.41, 5.74) is 4.63. The van der Waals surface area contributed by atoms with E-state index in [1.165, 1.54) is 5.56 Å². The number of ketones is 1. The van der Waals surface area contributed by atoms with Gasteiger partial charge in [-0.15, -0.1) is 0 Å². The number of rotatable bonds is 5. The van der Waals surface area contributed by atoms with Crippen molar-refractivity contribution in [2.45, 2.75) is 66.5 Å². The van der Waals surface area contributed by atoms with Crippen molar-refractivity contribution in [3.05, 3.63) is 33.9 Å². The van der Waals surface area contributed by atoms with Crippen LogP contribution in [0.3, 0.4) is 0 Å². The molecule has 0 spiro atoms. The largest absolute Gasteiger partial charge is 0.465 e. The number of esters is 1. The Morgan fingerprint density at radius 2 is 1.92 bits per heavy atom. The smallest absolute Gasteiger partial charge is 0.326 e. The molecule has 1 saturated heterocycles. The van der Waals surface area contributed by atoms with Crippen LogP contribution in [0.25, 0.3) is 0 Å². The number of carbonyl (C=O) groups is 2. The Morgan fingerprint density at radius 1 is 1.25 bits per heavy atom. The van der Waals surface area contributed by atoms with Crippen LogP contribution >= 0.6 is 0 Å². The molecule has 0 radical (unpaired) electrons. The molecule has 1 heterocycles. The number of carbonyl (C=O) groups excluding carboxylic acids is 2. The maximum atomic E-state index is 12.4. The van der Waals surface area contributed by atoms with Gasteiger partial charge in [0.25, 0.3) is 0 Å². The average Bonchev–Trinajstić information content (AvgIpc) is 2.85. The summed E-state index contributed by atoms with van der Waals surface area (Å²) in [6.07, 6.45) is 1.80. The van der Waals surface area contributed by atoms with Gasteiger partial charge in [0.1, 0.15) is 5.54 Å². The molecule has 0 aliphatic carbocycles. The van der Waals surface area contributed by atoms with Crippen LogP contribution in [0.1, 0.15) is 66.2 Å². The molecular formula is C20H29NO3. The van der Waals surface area contributed by atoms with Gasteiger partial charge in [-0.1, -0.05) is 6.07 Å². The van der Waals surface area contributed by atoms with E-state index in [2.05, 4.69) is 17.9 Å². The van der Waals surface area contributed by atoms with E-state index < -0.39 is 5.54 Å². The van der Waals surface area contributed by atoms with Crippen LogP contribution in [0.4, 0.5) is 0 Å². The molecule has 1 aromatic carbocycles. The summed E-state index contributed by atoms with van der Waals surface area (Å²) in [6, 6.07) is 2.08. The molecule has 0 aromatic heterocycles. The Hall–Kier alpha value is -1.68. The molecule has 1 atom stereocenters. The first-order valence-electron chi connectivity index (χ1n) is 8.75. The van der Waals surface area contributed by atoms with Crippen LogP contribution in [0.5, 0.6) is 0 Å². The van der Waals surface area contributed by atoms with Gasteiger partial charge in [0.05, 0.1) is 6.61 Å². The summed E-state index contributed by atoms with van der Waals surface area (Å²) >= 11 is 0. The normalized spacial score (nSPS) is 21.1. The van der Waals surface area contributed by atoms with Gasteiger partial charge in [-0.3, -0.25) is 14.5 Å². The number of benzene rings is 1. The van der Waals surface area contributed by atoms with Crippen LogP contribution in [-0.2, 0) is 16.1 Å². The van der Waals surface area contributed by atoms with Crippen molar-refractivity contribution < 1.29 is 14.3 Å². The zero-order valence-electron chi connectivity index (χ0n) is 15.8. The van der Waals surface area contributed by atoms with Crippen LogP contribution in [0.2, 0.25) is 0 Å². The Labute approximate surface area is 145 Å². The van der Waals surface area contributed by atoms with E-state index in [0.29, 0.717) is 13.2 Å². The minimum atomic E-state index is -0.573. The summed E-state index contributed by atoms with van der Waals surface area (Å²) in [5.74, 6) is -0.0439. The molecular weight excluding hydrogens is 302 g/mol. The summed E-state index contributed by atoms with van der Waals surface area (Å²) in [7, 11) is 0. The fraction of sp³-hybridized carbons (Fsp3) is 0.600. The lowest BCUT2D eigenvalue weighted by Crippen LogP contribution is -2.48. The molecule has 4 heteroatoms. The second kappa shape index (κ2) is 7.06. The molecule has 1 aliphatic heterocycles. The van der Waals surface area contributed by atoms with E-state index in [9.17, 15) is 9.59 Å². The van der Waals surface area contributed by atoms with Gasteiger partial charge in [0.2, 0.25) is 0 Å². The fourth-order valence-electron chi connectivity index (χ4n) is 3.99. The van der Waals surface area contributed by atoms with Gasteiger partial charge in [-0.2, -0.15) is 0 Å². The number of hydrogen-bond donors (Lipinski definition) is 0. The number of Topliss-reactive ketones (excluding diaryl/α,β-unsaturated/α-hetero) is 1. The number of nitrogens with zero attached hydrogens (tertiary/aromatic N) is 1. The second-order valence-corrected chi connectivity index (χ2v) is 7.06. The first-order valence-corrected chi connectivity index (χ1v) is 8.75. The molecule has 0 unspecified atom stereocenters. The highest BCUT2D eigenvalue weighted by Crippen LogP contribution is 2.34. The third-order valence-corrected chi connectivity index (χ3v) is 5.34. The molecule has 1 fully saturated rings. The van der Waals surface area contributed by atoms with Crippen molar-refractivity contribution in [3.63, 3.8) is 0 Å². The van der Waals surface area contributed by atoms with Crippen molar-refractivity contribution in [1.29, 1.82) is 0 Å². The van der Waals surface area contributed by atoms with E-state index in [4.69, 9.17) is 4.74 Å². The fourth-order valence-corrected chi connectivity index (χ4v) is 3.99. The first-order chi connectivity index (χ1) is 11.2. The Balaban J connectivity index is 2.39. The standard InChI is InChI=1S/C20H29NO3/c1-7-24-19(23)20(6)9-8-10-21(20)12-17-13(2)11-14(3)18(15(17)4)16(5)22/h11H,7-10,12H2,1-6H3/t20-/m1/s1. The van der Waals surface area contributed by atoms with E-state index in [-0.39, 0.29) is 11.8 Å². The number of aryl methyl sites for hydroxylation is 2. The molecule has 24 heavy (non-hydrogen) atoms. The minimum absolute atomic E-state index is 0.0980. The highest BCUT2D eigenvalue weighted by Gasteiger charge is 2.44. The predicted octanol–water partition coefficient (Wildman–Crippen LogP) is 3.73. The second-order valence-electron chi connectivity index (χ2n) is 7.06. The van der Waals surface area contributed by atoms with E-state index in [1.54, 1.807) is 6.92 Å². The summed E-state index contributed by atoms with van der Waals surface area (Å²) in [5, 5.41) is 0. The zero-order valence-corrected chi connectivity index (χ0v) is 15.8. The zero-order chi connectivity index (χ0) is 18.1. The molecule has 2 rings (SSSR count). The quantitative estimate of drug-likeness (QED) is 0.609. The maximum Gasteiger partial charge on any atom is 0.326 e. The van der Waals surface area contributed by atoms with Crippen molar-refractivity contribution in [2.24, 2.45) is 0 Å².